The highest BCUT2D eigenvalue weighted by molar-refractivity contribution is 5.86. The van der Waals surface area contributed by atoms with Crippen molar-refractivity contribution in [1.29, 1.82) is 0 Å². The molecule has 6 heteroatoms. The van der Waals surface area contributed by atoms with Crippen molar-refractivity contribution in [2.45, 2.75) is 64.2 Å². The zero-order chi connectivity index (χ0) is 17.9. The minimum Gasteiger partial charge on any atom is -0.481 e. The molecular formula is C19H30N2O4. The maximum Gasteiger partial charge on any atom is 0.310 e. The van der Waals surface area contributed by atoms with Crippen molar-refractivity contribution in [2.75, 3.05) is 26.2 Å². The van der Waals surface area contributed by atoms with Crippen molar-refractivity contribution in [3.63, 3.8) is 0 Å². The molecule has 0 unspecified atom stereocenters. The second-order valence-electron chi connectivity index (χ2n) is 8.07. The van der Waals surface area contributed by atoms with Gasteiger partial charge in [0.25, 0.3) is 0 Å². The third-order valence-corrected chi connectivity index (χ3v) is 6.48. The van der Waals surface area contributed by atoms with Crippen LogP contribution in [0, 0.1) is 11.3 Å². The molecule has 140 valence electrons. The van der Waals surface area contributed by atoms with E-state index in [2.05, 4.69) is 0 Å². The maximum absolute atomic E-state index is 12.4. The summed E-state index contributed by atoms with van der Waals surface area (Å²) in [4.78, 5) is 39.8. The molecule has 2 aliphatic carbocycles. The molecule has 0 radical (unpaired) electrons. The van der Waals surface area contributed by atoms with Gasteiger partial charge >= 0.3 is 5.97 Å². The van der Waals surface area contributed by atoms with Crippen LogP contribution < -0.4 is 0 Å². The fraction of sp³-hybridized carbons (Fsp3) is 0.842. The van der Waals surface area contributed by atoms with E-state index in [1.165, 1.54) is 25.7 Å². The van der Waals surface area contributed by atoms with Gasteiger partial charge in [0.05, 0.1) is 5.41 Å². The summed E-state index contributed by atoms with van der Waals surface area (Å²) in [5.74, 6) is 0.0227. The Hall–Kier alpha value is -1.59. The largest absolute Gasteiger partial charge is 0.481 e. The minimum atomic E-state index is -0.840. The van der Waals surface area contributed by atoms with Gasteiger partial charge in [0.15, 0.2) is 0 Å². The SMILES string of the molecule is O=C(CCC1CCCC1)N1CCN(C(=O)CC2(C(=O)O)CCC2)CC1. The van der Waals surface area contributed by atoms with Crippen LogP contribution in [-0.2, 0) is 14.4 Å². The zero-order valence-electron chi connectivity index (χ0n) is 15.0. The van der Waals surface area contributed by atoms with E-state index in [-0.39, 0.29) is 18.2 Å². The van der Waals surface area contributed by atoms with Crippen molar-refractivity contribution < 1.29 is 19.5 Å². The van der Waals surface area contributed by atoms with Crippen LogP contribution >= 0.6 is 0 Å². The lowest BCUT2D eigenvalue weighted by Gasteiger charge is -2.40. The molecule has 25 heavy (non-hydrogen) atoms. The predicted molar refractivity (Wildman–Crippen MR) is 92.9 cm³/mol. The lowest BCUT2D eigenvalue weighted by Crippen LogP contribution is -2.52. The Kier molecular flexibility index (Phi) is 5.64. The van der Waals surface area contributed by atoms with Crippen molar-refractivity contribution in [1.82, 2.24) is 9.80 Å². The number of hydrogen-bond donors (Lipinski definition) is 1. The van der Waals surface area contributed by atoms with Crippen LogP contribution in [0.5, 0.6) is 0 Å². The molecule has 2 saturated carbocycles. The number of piperazine rings is 1. The predicted octanol–water partition coefficient (Wildman–Crippen LogP) is 2.27. The van der Waals surface area contributed by atoms with Crippen LogP contribution in [0.3, 0.4) is 0 Å². The fourth-order valence-electron chi connectivity index (χ4n) is 4.46. The fourth-order valence-corrected chi connectivity index (χ4v) is 4.46. The Morgan fingerprint density at radius 1 is 0.880 bits per heavy atom. The third kappa shape index (κ3) is 4.15. The second kappa shape index (κ2) is 7.75. The van der Waals surface area contributed by atoms with E-state index in [4.69, 9.17) is 0 Å². The van der Waals surface area contributed by atoms with Gasteiger partial charge in [-0.3, -0.25) is 14.4 Å². The molecule has 2 amide bonds. The van der Waals surface area contributed by atoms with Crippen LogP contribution in [0.25, 0.3) is 0 Å². The molecule has 0 atom stereocenters. The quantitative estimate of drug-likeness (QED) is 0.797. The maximum atomic E-state index is 12.4. The summed E-state index contributed by atoms with van der Waals surface area (Å²) >= 11 is 0. The van der Waals surface area contributed by atoms with Crippen molar-refractivity contribution in [3.8, 4) is 0 Å². The van der Waals surface area contributed by atoms with E-state index >= 15 is 0 Å². The van der Waals surface area contributed by atoms with E-state index in [0.717, 1.165) is 18.8 Å². The molecule has 0 bridgehead atoms. The topological polar surface area (TPSA) is 77.9 Å². The van der Waals surface area contributed by atoms with Gasteiger partial charge in [0.2, 0.25) is 11.8 Å². The molecule has 1 saturated heterocycles. The molecular weight excluding hydrogens is 320 g/mol. The number of carbonyl (C=O) groups excluding carboxylic acids is 2. The van der Waals surface area contributed by atoms with Crippen LogP contribution in [0.15, 0.2) is 0 Å². The van der Waals surface area contributed by atoms with Gasteiger partial charge in [-0.15, -0.1) is 0 Å². The van der Waals surface area contributed by atoms with Gasteiger partial charge in [0, 0.05) is 39.0 Å². The Bertz CT molecular complexity index is 516. The number of rotatable bonds is 6. The summed E-state index contributed by atoms with van der Waals surface area (Å²) in [6.45, 7) is 2.22. The number of carboxylic acids is 1. The highest BCUT2D eigenvalue weighted by atomic mass is 16.4. The first-order chi connectivity index (χ1) is 12.0. The lowest BCUT2D eigenvalue weighted by molar-refractivity contribution is -0.160. The molecule has 1 N–H and O–H groups in total. The summed E-state index contributed by atoms with van der Waals surface area (Å²) < 4.78 is 0. The molecule has 0 aromatic rings. The summed E-state index contributed by atoms with van der Waals surface area (Å²) in [6, 6.07) is 0. The Morgan fingerprint density at radius 2 is 1.44 bits per heavy atom. The van der Waals surface area contributed by atoms with E-state index in [1.54, 1.807) is 4.90 Å². The zero-order valence-corrected chi connectivity index (χ0v) is 15.0. The standard InChI is InChI=1S/C19H30N2O4/c22-16(7-6-15-4-1-2-5-15)20-10-12-21(13-11-20)17(23)14-19(18(24)25)8-3-9-19/h15H,1-14H2,(H,24,25). The highest BCUT2D eigenvalue weighted by Gasteiger charge is 2.46. The normalized spacial score (nSPS) is 23.4. The molecule has 3 rings (SSSR count). The number of hydrogen-bond acceptors (Lipinski definition) is 3. The summed E-state index contributed by atoms with van der Waals surface area (Å²) in [5, 5.41) is 9.37. The van der Waals surface area contributed by atoms with Gasteiger partial charge in [-0.1, -0.05) is 32.1 Å². The molecule has 6 nitrogen and oxygen atoms in total. The molecule has 1 heterocycles. The number of carbonyl (C=O) groups is 3. The van der Waals surface area contributed by atoms with Gasteiger partial charge < -0.3 is 14.9 Å². The van der Waals surface area contributed by atoms with Crippen molar-refractivity contribution in [3.05, 3.63) is 0 Å². The number of nitrogens with zero attached hydrogens (tertiary/aromatic N) is 2. The number of aliphatic carboxylic acids is 1. The molecule has 0 aromatic heterocycles. The Balaban J connectivity index is 1.41. The van der Waals surface area contributed by atoms with Crippen molar-refractivity contribution in [2.24, 2.45) is 11.3 Å². The Morgan fingerprint density at radius 3 is 1.92 bits per heavy atom. The summed E-state index contributed by atoms with van der Waals surface area (Å²) in [5.41, 5.74) is -0.828. The van der Waals surface area contributed by atoms with E-state index in [1.807, 2.05) is 4.90 Å². The van der Waals surface area contributed by atoms with Gasteiger partial charge in [0.1, 0.15) is 0 Å². The van der Waals surface area contributed by atoms with Gasteiger partial charge in [-0.05, 0) is 25.2 Å². The van der Waals surface area contributed by atoms with E-state index in [9.17, 15) is 19.5 Å². The molecule has 3 fully saturated rings. The van der Waals surface area contributed by atoms with Crippen LogP contribution in [-0.4, -0.2) is 58.9 Å². The summed E-state index contributed by atoms with van der Waals surface area (Å²) in [6.07, 6.45) is 8.97. The molecule has 0 spiro atoms. The van der Waals surface area contributed by atoms with E-state index in [0.29, 0.717) is 45.4 Å². The summed E-state index contributed by atoms with van der Waals surface area (Å²) in [7, 11) is 0. The Labute approximate surface area is 149 Å². The first-order valence-electron chi connectivity index (χ1n) is 9.79. The number of carboxylic acid groups (broad SMARTS) is 1. The molecule has 1 aliphatic heterocycles. The van der Waals surface area contributed by atoms with E-state index < -0.39 is 11.4 Å². The first kappa shape index (κ1) is 18.2. The smallest absolute Gasteiger partial charge is 0.310 e. The second-order valence-corrected chi connectivity index (χ2v) is 8.07. The van der Waals surface area contributed by atoms with Crippen LogP contribution in [0.4, 0.5) is 0 Å². The molecule has 0 aromatic carbocycles. The minimum absolute atomic E-state index is 0.0693. The van der Waals surface area contributed by atoms with Gasteiger partial charge in [-0.25, -0.2) is 0 Å². The highest BCUT2D eigenvalue weighted by Crippen LogP contribution is 2.44. The van der Waals surface area contributed by atoms with Crippen molar-refractivity contribution >= 4 is 17.8 Å². The molecule has 3 aliphatic rings. The van der Waals surface area contributed by atoms with Crippen LogP contribution in [0.1, 0.15) is 64.2 Å². The average Bonchev–Trinajstić information content (AvgIpc) is 3.09. The third-order valence-electron chi connectivity index (χ3n) is 6.48. The monoisotopic (exact) mass is 350 g/mol. The van der Waals surface area contributed by atoms with Crippen LogP contribution in [0.2, 0.25) is 0 Å². The number of amides is 2. The lowest BCUT2D eigenvalue weighted by atomic mass is 9.66. The van der Waals surface area contributed by atoms with Gasteiger partial charge in [-0.2, -0.15) is 0 Å². The average molecular weight is 350 g/mol. The first-order valence-corrected chi connectivity index (χ1v) is 9.79.